The molecule has 3 aromatic carbocycles. The number of H-pyrrole nitrogens is 3. The van der Waals surface area contributed by atoms with E-state index >= 15 is 0 Å². The largest absolute Gasteiger partial charge is 0.490 e. The number of amides is 2. The van der Waals surface area contributed by atoms with Crippen LogP contribution in [-0.2, 0) is 47.9 Å². The fourth-order valence-corrected chi connectivity index (χ4v) is 19.2. The minimum atomic E-state index is -5.08. The number of aromatic amines is 3. The number of carbonyl (C=O) groups is 10. The summed E-state index contributed by atoms with van der Waals surface area (Å²) in [5.74, 6) is -2.53. The Morgan fingerprint density at radius 3 is 1.01 bits per heavy atom. The fraction of sp³-hybridized carbons (Fsp3) is 0.541. The molecular weight excluding hydrogens is 1500 g/mol. The van der Waals surface area contributed by atoms with Gasteiger partial charge in [0.25, 0.3) is 0 Å². The van der Waals surface area contributed by atoms with E-state index < -0.39 is 57.7 Å². The van der Waals surface area contributed by atoms with Crippen LogP contribution in [0.15, 0.2) is 36.8 Å². The van der Waals surface area contributed by atoms with Gasteiger partial charge in [0, 0.05) is 156 Å². The van der Waals surface area contributed by atoms with Crippen molar-refractivity contribution in [2.45, 2.75) is 181 Å². The molecule has 7 N–H and O–H groups in total. The summed E-state index contributed by atoms with van der Waals surface area (Å²) in [5.41, 5.74) is 8.13. The van der Waals surface area contributed by atoms with Gasteiger partial charge < -0.3 is 59.6 Å². The highest BCUT2D eigenvalue weighted by atomic mass is 35.5. The van der Waals surface area contributed by atoms with Crippen LogP contribution < -0.4 is 29.3 Å². The van der Waals surface area contributed by atoms with E-state index in [0.29, 0.717) is 131 Å². The first-order chi connectivity index (χ1) is 49.0. The lowest BCUT2D eigenvalue weighted by molar-refractivity contribution is -0.192. The fourth-order valence-electron chi connectivity index (χ4n) is 17.9. The number of carboxylic acid groups (broad SMARTS) is 3. The Morgan fingerprint density at radius 2 is 0.743 bits per heavy atom. The first kappa shape index (κ1) is 80.3. The lowest BCUT2D eigenvalue weighted by Crippen LogP contribution is -2.56. The van der Waals surface area contributed by atoms with E-state index in [1.165, 1.54) is 26.3 Å². The molecule has 31 heteroatoms. The van der Waals surface area contributed by atoms with Gasteiger partial charge >= 0.3 is 42.0 Å². The van der Waals surface area contributed by atoms with Gasteiger partial charge in [-0.2, -0.15) is 13.2 Å². The summed E-state index contributed by atoms with van der Waals surface area (Å²) in [4.78, 5) is 132. The Bertz CT molecular complexity index is 4190. The molecule has 0 radical (unpaired) electrons. The number of alkyl halides is 6. The van der Waals surface area contributed by atoms with Gasteiger partial charge in [0.15, 0.2) is 17.2 Å². The van der Waals surface area contributed by atoms with Crippen molar-refractivity contribution in [1.82, 2.24) is 15.0 Å². The van der Waals surface area contributed by atoms with Gasteiger partial charge in [-0.25, -0.2) is 4.79 Å². The molecule has 3 atom stereocenters. The van der Waals surface area contributed by atoms with Crippen molar-refractivity contribution in [1.29, 1.82) is 0 Å². The number of rotatable bonds is 12. The number of aryl methyl sites for hydroxylation is 3. The van der Waals surface area contributed by atoms with Crippen LogP contribution in [-0.4, -0.2) is 132 Å². The predicted octanol–water partition coefficient (Wildman–Crippen LogP) is 16.1. The number of ether oxygens (including phenoxy) is 3. The second-order valence-corrected chi connectivity index (χ2v) is 31.4. The summed E-state index contributed by atoms with van der Waals surface area (Å²) < 4.78 is 48.3. The number of nitrogens with zero attached hydrogens (tertiary/aromatic N) is 2. The average molecular weight is 1580 g/mol. The third-order valence-electron chi connectivity index (χ3n) is 24.0. The number of hydrogen-bond acceptors (Lipinski definition) is 14. The Hall–Kier alpha value is -7.29. The van der Waals surface area contributed by atoms with Crippen molar-refractivity contribution >= 4 is 178 Å². The quantitative estimate of drug-likeness (QED) is 0.0259. The number of hydrogen-bond donors (Lipinski definition) is 7. The van der Waals surface area contributed by atoms with Crippen molar-refractivity contribution < 1.29 is 90.6 Å². The van der Waals surface area contributed by atoms with E-state index in [1.54, 1.807) is 12.1 Å². The van der Waals surface area contributed by atoms with Crippen LogP contribution in [0.5, 0.6) is 17.2 Å². The highest BCUT2D eigenvalue weighted by Gasteiger charge is 2.60. The van der Waals surface area contributed by atoms with Gasteiger partial charge in [-0.1, -0.05) is 0 Å². The van der Waals surface area contributed by atoms with Crippen molar-refractivity contribution in [3.05, 3.63) is 70.2 Å². The molecule has 3 aromatic heterocycles. The predicted molar refractivity (Wildman–Crippen MR) is 392 cm³/mol. The normalized spacial score (nSPS) is 26.9. The smallest absolute Gasteiger partial charge is 0.481 e. The SMILES string of the molecule is CC(=O)Oc1cc2c(c3c(C)c[nH]c13)[C@H](CCl)CN2.CC(=O)Oc1cc2c(c3c(C)c[nH]c13)[C@H](CCl)CN2C(=O)C12CCC(C(=O)N3C[C@@H](CCl)c4c3cc(OC(C)=O)c3[nH]cc(C)c43)(CC1)CC2.Cl.O=C(Cl)C12CCC(C(=O)Cl)(CC1)CC2.O=C(O)C(F)(F)F.O=C(O)C12CCC(C(=O)O)(CC1)CC2. The zero-order valence-corrected chi connectivity index (χ0v) is 63.2. The molecule has 6 heterocycles. The number of anilines is 3. The van der Waals surface area contributed by atoms with Crippen LogP contribution in [0, 0.1) is 53.3 Å². The molecule has 0 saturated heterocycles. The molecular formula is C74H83Cl6F3N6O16. The van der Waals surface area contributed by atoms with Crippen LogP contribution in [0.4, 0.5) is 30.2 Å². The van der Waals surface area contributed by atoms with Gasteiger partial charge in [0.05, 0.1) is 38.8 Å². The monoisotopic (exact) mass is 1580 g/mol. The minimum absolute atomic E-state index is 0. The topological polar surface area (TPSA) is 325 Å². The van der Waals surface area contributed by atoms with Crippen LogP contribution in [0.25, 0.3) is 32.7 Å². The molecule has 3 aliphatic heterocycles. The molecule has 0 unspecified atom stereocenters. The van der Waals surface area contributed by atoms with Gasteiger partial charge in [-0.15, -0.1) is 47.2 Å². The van der Waals surface area contributed by atoms with Crippen LogP contribution >= 0.6 is 70.4 Å². The van der Waals surface area contributed by atoms with Crippen molar-refractivity contribution in [3.8, 4) is 17.2 Å². The standard InChI is InChI=1S/C38H40Cl2N4O6.C14H15ClN2O2.C10H12Cl2O2.C10H14O4.C2HF3O2.ClH/c1-19-15-41-33-27(49-21(3)45)11-25-31(29(19)33)23(13-39)17-43(25)35(47)37-5-8-38(9-6-37,10-7-37)36(48)44-18-24(14-40)32-26(44)12-28(50-22(4)46)34-30(32)20(2)16-42-34;1-7-5-17-14-11(19-8(2)18)3-10-13(12(7)14)9(4-15)6-16-10;11-7(13)9-1-2-10(5-3-9,6-4-9)8(12)14;11-7(12)9-1-2-10(5-3-9,6-4-9)8(13)14;3-2(4,5)1(6)7;/h11-12,15-16,23-24,41-42H,5-10,13-14,17-18H2,1-4H3;3,5,9,16-17H,4,6H2,1-2H3;1-6H2;1-6H2,(H,11,12)(H,13,14);(H,6,7);1H/t23-,24-,37?,38?;9-;;;;/m11..../s1. The third-order valence-corrected chi connectivity index (χ3v) is 25.9. The number of aromatic nitrogens is 3. The second kappa shape index (κ2) is 30.4. The summed E-state index contributed by atoms with van der Waals surface area (Å²) in [7, 11) is 0. The van der Waals surface area contributed by atoms with Gasteiger partial charge in [-0.05, 0) is 193 Å². The molecule has 9 fully saturated rings. The van der Waals surface area contributed by atoms with E-state index in [0.717, 1.165) is 123 Å². The molecule has 6 bridgehead atoms. The highest BCUT2D eigenvalue weighted by molar-refractivity contribution is 6.65. The number of fused-ring (bicyclic) bond motifs is 18. The molecule has 105 heavy (non-hydrogen) atoms. The Labute approximate surface area is 633 Å². The van der Waals surface area contributed by atoms with Gasteiger partial charge in [-0.3, -0.25) is 43.2 Å². The zero-order chi connectivity index (χ0) is 75.7. The average Bonchev–Trinajstić information content (AvgIpc) is 1.63. The van der Waals surface area contributed by atoms with Crippen molar-refractivity contribution in [3.63, 3.8) is 0 Å². The Kier molecular flexibility index (Phi) is 23.2. The number of carboxylic acids is 3. The van der Waals surface area contributed by atoms with E-state index in [1.807, 2.05) is 55.2 Å². The summed E-state index contributed by atoms with van der Waals surface area (Å²) in [5, 5.41) is 31.2. The number of benzene rings is 3. The zero-order valence-electron chi connectivity index (χ0n) is 58.6. The Morgan fingerprint density at radius 1 is 0.467 bits per heavy atom. The molecule has 2 amide bonds. The van der Waals surface area contributed by atoms with E-state index in [2.05, 4.69) is 20.3 Å². The summed E-state index contributed by atoms with van der Waals surface area (Å²) in [6.45, 7) is 11.9. The second-order valence-electron chi connectivity index (χ2n) is 29.8. The van der Waals surface area contributed by atoms with Crippen LogP contribution in [0.2, 0.25) is 0 Å². The van der Waals surface area contributed by atoms with Crippen LogP contribution in [0.1, 0.15) is 187 Å². The molecule has 18 rings (SSSR count). The Balaban J connectivity index is 0.000000173. The highest BCUT2D eigenvalue weighted by Crippen LogP contribution is 2.63. The summed E-state index contributed by atoms with van der Waals surface area (Å²) >= 11 is 30.3. The maximum atomic E-state index is 14.7. The molecule has 568 valence electrons. The molecule has 0 spiro atoms. The molecule has 22 nitrogen and oxygen atoms in total. The van der Waals surface area contributed by atoms with Crippen molar-refractivity contribution in [2.75, 3.05) is 52.4 Å². The maximum absolute atomic E-state index is 14.7. The summed E-state index contributed by atoms with van der Waals surface area (Å²) in [6.07, 6.45) is 11.8. The van der Waals surface area contributed by atoms with Crippen molar-refractivity contribution in [2.24, 2.45) is 32.5 Å². The van der Waals surface area contributed by atoms with Crippen LogP contribution in [0.3, 0.4) is 0 Å². The number of carbonyl (C=O) groups excluding carboxylic acids is 7. The van der Waals surface area contributed by atoms with E-state index in [9.17, 15) is 56.3 Å². The van der Waals surface area contributed by atoms with Gasteiger partial charge in [0.1, 0.15) is 0 Å². The summed E-state index contributed by atoms with van der Waals surface area (Å²) in [6, 6.07) is 5.49. The number of esters is 3. The van der Waals surface area contributed by atoms with E-state index in [-0.39, 0.29) is 63.3 Å². The lowest BCUT2D eigenvalue weighted by Gasteiger charge is -2.53. The first-order valence-electron chi connectivity index (χ1n) is 34.7. The molecule has 9 aliphatic carbocycles. The molecule has 9 saturated carbocycles. The number of halogens is 9. The molecule has 6 aromatic rings. The molecule has 12 aliphatic rings. The lowest BCUT2D eigenvalue weighted by atomic mass is 9.53. The number of nitrogens with one attached hydrogen (secondary N) is 4. The van der Waals surface area contributed by atoms with Gasteiger partial charge in [0.2, 0.25) is 22.3 Å². The minimum Gasteiger partial charge on any atom is -0.481 e. The van der Waals surface area contributed by atoms with E-state index in [4.69, 9.17) is 92.3 Å². The third kappa shape index (κ3) is 14.6. The number of aliphatic carboxylic acids is 3. The maximum Gasteiger partial charge on any atom is 0.490 e. The first-order valence-corrected chi connectivity index (χ1v) is 37.1.